The molecule has 4 nitrogen and oxygen atoms in total. The highest BCUT2D eigenvalue weighted by Gasteiger charge is 2.19. The molecule has 17 heavy (non-hydrogen) atoms. The molecule has 0 spiro atoms. The second-order valence-electron chi connectivity index (χ2n) is 4.42. The highest BCUT2D eigenvalue weighted by molar-refractivity contribution is 7.89. The van der Waals surface area contributed by atoms with E-state index in [4.69, 9.17) is 17.3 Å². The maximum atomic E-state index is 13.0. The van der Waals surface area contributed by atoms with Gasteiger partial charge in [0.15, 0.2) is 0 Å². The standard InChI is InChI=1S/C10H14ClFN2O2S/c1-10(2,13)6-14-17(15,16)9-4-7(11)3-8(12)5-9/h3-5,14H,6,13H2,1-2H3. The summed E-state index contributed by atoms with van der Waals surface area (Å²) in [4.78, 5) is -0.216. The van der Waals surface area contributed by atoms with Gasteiger partial charge in [-0.2, -0.15) is 0 Å². The lowest BCUT2D eigenvalue weighted by atomic mass is 10.1. The van der Waals surface area contributed by atoms with E-state index in [2.05, 4.69) is 4.72 Å². The number of benzene rings is 1. The third-order valence-corrected chi connectivity index (χ3v) is 3.46. The van der Waals surface area contributed by atoms with Crippen molar-refractivity contribution in [2.24, 2.45) is 5.73 Å². The van der Waals surface area contributed by atoms with Gasteiger partial charge in [0, 0.05) is 17.1 Å². The molecule has 0 aliphatic rings. The second kappa shape index (κ2) is 4.89. The number of hydrogen-bond donors (Lipinski definition) is 2. The van der Waals surface area contributed by atoms with Crippen LogP contribution in [0.15, 0.2) is 23.1 Å². The minimum atomic E-state index is -3.79. The van der Waals surface area contributed by atoms with Gasteiger partial charge in [0.2, 0.25) is 10.0 Å². The fourth-order valence-electron chi connectivity index (χ4n) is 1.05. The zero-order valence-corrected chi connectivity index (χ0v) is 11.1. The first kappa shape index (κ1) is 14.4. The first-order chi connectivity index (χ1) is 7.60. The smallest absolute Gasteiger partial charge is 0.240 e. The van der Waals surface area contributed by atoms with Gasteiger partial charge < -0.3 is 5.73 Å². The van der Waals surface area contributed by atoms with E-state index in [1.807, 2.05) is 0 Å². The van der Waals surface area contributed by atoms with E-state index >= 15 is 0 Å². The fourth-order valence-corrected chi connectivity index (χ4v) is 2.61. The van der Waals surface area contributed by atoms with Gasteiger partial charge in [-0.1, -0.05) is 11.6 Å². The Morgan fingerprint density at radius 1 is 1.41 bits per heavy atom. The molecular weight excluding hydrogens is 267 g/mol. The maximum Gasteiger partial charge on any atom is 0.240 e. The summed E-state index contributed by atoms with van der Waals surface area (Å²) >= 11 is 5.59. The molecule has 0 saturated carbocycles. The molecule has 0 fully saturated rings. The molecule has 0 bridgehead atoms. The molecule has 0 amide bonds. The van der Waals surface area contributed by atoms with Crippen molar-refractivity contribution in [2.45, 2.75) is 24.3 Å². The van der Waals surface area contributed by atoms with Crippen LogP contribution in [0.2, 0.25) is 5.02 Å². The Morgan fingerprint density at radius 3 is 2.47 bits per heavy atom. The molecule has 0 saturated heterocycles. The van der Waals surface area contributed by atoms with Crippen LogP contribution in [0.25, 0.3) is 0 Å². The summed E-state index contributed by atoms with van der Waals surface area (Å²) in [5, 5.41) is 0.0254. The van der Waals surface area contributed by atoms with Crippen molar-refractivity contribution >= 4 is 21.6 Å². The molecule has 7 heteroatoms. The summed E-state index contributed by atoms with van der Waals surface area (Å²) in [6.45, 7) is 3.39. The van der Waals surface area contributed by atoms with Crippen LogP contribution < -0.4 is 10.5 Å². The van der Waals surface area contributed by atoms with Crippen molar-refractivity contribution in [1.29, 1.82) is 0 Å². The second-order valence-corrected chi connectivity index (χ2v) is 6.62. The number of halogens is 2. The third kappa shape index (κ3) is 4.59. The number of nitrogens with two attached hydrogens (primary N) is 1. The normalized spacial score (nSPS) is 12.8. The Hall–Kier alpha value is -0.690. The van der Waals surface area contributed by atoms with Gasteiger partial charge in [0.05, 0.1) is 4.90 Å². The van der Waals surface area contributed by atoms with Crippen LogP contribution in [0, 0.1) is 5.82 Å². The van der Waals surface area contributed by atoms with Gasteiger partial charge in [0.1, 0.15) is 5.82 Å². The highest BCUT2D eigenvalue weighted by Crippen LogP contribution is 2.18. The molecule has 0 radical (unpaired) electrons. The quantitative estimate of drug-likeness (QED) is 0.878. The highest BCUT2D eigenvalue weighted by atomic mass is 35.5. The van der Waals surface area contributed by atoms with Crippen LogP contribution in [-0.4, -0.2) is 20.5 Å². The topological polar surface area (TPSA) is 72.2 Å². The minimum absolute atomic E-state index is 0.0254. The van der Waals surface area contributed by atoms with Crippen molar-refractivity contribution in [3.63, 3.8) is 0 Å². The van der Waals surface area contributed by atoms with Crippen molar-refractivity contribution in [3.05, 3.63) is 29.0 Å². The summed E-state index contributed by atoms with van der Waals surface area (Å²) in [6.07, 6.45) is 0. The molecule has 0 aromatic heterocycles. The van der Waals surface area contributed by atoms with E-state index in [9.17, 15) is 12.8 Å². The van der Waals surface area contributed by atoms with Gasteiger partial charge in [-0.25, -0.2) is 17.5 Å². The number of nitrogens with one attached hydrogen (secondary N) is 1. The van der Waals surface area contributed by atoms with Crippen molar-refractivity contribution in [3.8, 4) is 0 Å². The summed E-state index contributed by atoms with van der Waals surface area (Å²) < 4.78 is 38.9. The Labute approximate surface area is 105 Å². The Kier molecular flexibility index (Phi) is 4.14. The number of sulfonamides is 1. The van der Waals surface area contributed by atoms with Gasteiger partial charge in [-0.3, -0.25) is 0 Å². The van der Waals surface area contributed by atoms with E-state index in [-0.39, 0.29) is 16.5 Å². The monoisotopic (exact) mass is 280 g/mol. The van der Waals surface area contributed by atoms with Crippen LogP contribution in [0.3, 0.4) is 0 Å². The van der Waals surface area contributed by atoms with Gasteiger partial charge in [-0.15, -0.1) is 0 Å². The van der Waals surface area contributed by atoms with Gasteiger partial charge in [-0.05, 0) is 32.0 Å². The van der Waals surface area contributed by atoms with Crippen LogP contribution in [0.4, 0.5) is 4.39 Å². The van der Waals surface area contributed by atoms with Crippen LogP contribution >= 0.6 is 11.6 Å². The fraction of sp³-hybridized carbons (Fsp3) is 0.400. The minimum Gasteiger partial charge on any atom is -0.324 e. The third-order valence-electron chi connectivity index (χ3n) is 1.86. The predicted molar refractivity (Wildman–Crippen MR) is 64.9 cm³/mol. The lowest BCUT2D eigenvalue weighted by Gasteiger charge is -2.19. The first-order valence-electron chi connectivity index (χ1n) is 4.85. The lowest BCUT2D eigenvalue weighted by molar-refractivity contribution is 0.497. The molecule has 0 atom stereocenters. The van der Waals surface area contributed by atoms with Crippen molar-refractivity contribution < 1.29 is 12.8 Å². The zero-order chi connectivity index (χ0) is 13.3. The van der Waals surface area contributed by atoms with Crippen LogP contribution in [0.5, 0.6) is 0 Å². The van der Waals surface area contributed by atoms with Crippen LogP contribution in [0.1, 0.15) is 13.8 Å². The molecule has 3 N–H and O–H groups in total. The first-order valence-corrected chi connectivity index (χ1v) is 6.71. The lowest BCUT2D eigenvalue weighted by Crippen LogP contribution is -2.45. The summed E-state index contributed by atoms with van der Waals surface area (Å²) in [6, 6.07) is 3.11. The molecule has 1 aromatic carbocycles. The average molecular weight is 281 g/mol. The summed E-state index contributed by atoms with van der Waals surface area (Å²) in [5.74, 6) is -0.704. The molecule has 0 aliphatic heterocycles. The molecule has 1 rings (SSSR count). The molecule has 96 valence electrons. The van der Waals surface area contributed by atoms with Gasteiger partial charge >= 0.3 is 0 Å². The van der Waals surface area contributed by atoms with E-state index in [1.165, 1.54) is 6.07 Å². The van der Waals surface area contributed by atoms with Gasteiger partial charge in [0.25, 0.3) is 0 Å². The largest absolute Gasteiger partial charge is 0.324 e. The van der Waals surface area contributed by atoms with E-state index in [1.54, 1.807) is 13.8 Å². The zero-order valence-electron chi connectivity index (χ0n) is 9.50. The van der Waals surface area contributed by atoms with E-state index in [0.29, 0.717) is 0 Å². The number of rotatable bonds is 4. The van der Waals surface area contributed by atoms with Crippen LogP contribution in [-0.2, 0) is 10.0 Å². The maximum absolute atomic E-state index is 13.0. The SMILES string of the molecule is CC(C)(N)CNS(=O)(=O)c1cc(F)cc(Cl)c1. The molecule has 0 aliphatic carbocycles. The van der Waals surface area contributed by atoms with E-state index < -0.39 is 21.4 Å². The molecule has 0 unspecified atom stereocenters. The molecule has 0 heterocycles. The van der Waals surface area contributed by atoms with Crippen molar-refractivity contribution in [1.82, 2.24) is 4.72 Å². The molecule has 1 aromatic rings. The van der Waals surface area contributed by atoms with Crippen molar-refractivity contribution in [2.75, 3.05) is 6.54 Å². The Balaban J connectivity index is 2.98. The van der Waals surface area contributed by atoms with E-state index in [0.717, 1.165) is 12.1 Å². The summed E-state index contributed by atoms with van der Waals surface area (Å²) in [5.41, 5.74) is 4.96. The Bertz CT molecular complexity index is 491. The number of hydrogen-bond acceptors (Lipinski definition) is 3. The Morgan fingerprint density at radius 2 is 2.00 bits per heavy atom. The average Bonchev–Trinajstić information content (AvgIpc) is 2.12. The molecular formula is C10H14ClFN2O2S. The predicted octanol–water partition coefficient (Wildman–Crippen LogP) is 1.49. The summed E-state index contributed by atoms with van der Waals surface area (Å²) in [7, 11) is -3.79.